The topological polar surface area (TPSA) is 152 Å². The number of benzene rings is 1. The molecule has 40 heavy (non-hydrogen) atoms. The van der Waals surface area contributed by atoms with Crippen LogP contribution in [-0.4, -0.2) is 79.7 Å². The van der Waals surface area contributed by atoms with E-state index in [0.29, 0.717) is 38.0 Å². The number of unbranched alkanes of at least 4 members (excludes halogenated alkanes) is 2. The Morgan fingerprint density at radius 1 is 0.900 bits per heavy atom. The van der Waals surface area contributed by atoms with E-state index in [1.807, 2.05) is 36.6 Å². The zero-order chi connectivity index (χ0) is 30.0. The lowest BCUT2D eigenvalue weighted by atomic mass is 10.0. The van der Waals surface area contributed by atoms with E-state index in [1.54, 1.807) is 20.8 Å². The van der Waals surface area contributed by atoms with Gasteiger partial charge in [-0.3, -0.25) is 19.2 Å². The maximum absolute atomic E-state index is 12.9. The average molecular weight is 581 g/mol. The van der Waals surface area contributed by atoms with E-state index in [1.165, 1.54) is 18.9 Å². The van der Waals surface area contributed by atoms with E-state index < -0.39 is 35.6 Å². The number of rotatable bonds is 17. The number of carbonyl (C=O) groups is 5. The van der Waals surface area contributed by atoms with Gasteiger partial charge in [0.1, 0.15) is 17.7 Å². The second kappa shape index (κ2) is 18.9. The first-order valence-corrected chi connectivity index (χ1v) is 14.8. The molecule has 0 aliphatic heterocycles. The van der Waals surface area contributed by atoms with Crippen molar-refractivity contribution < 1.29 is 33.4 Å². The number of esters is 1. The number of hydrogen-bond donors (Lipinski definition) is 4. The van der Waals surface area contributed by atoms with Gasteiger partial charge in [-0.25, -0.2) is 4.79 Å². The molecular weight excluding hydrogens is 536 g/mol. The molecule has 0 aliphatic rings. The van der Waals surface area contributed by atoms with Crippen LogP contribution in [0, 0.1) is 0 Å². The van der Waals surface area contributed by atoms with Gasteiger partial charge in [0, 0.05) is 19.4 Å². The Labute approximate surface area is 241 Å². The van der Waals surface area contributed by atoms with Crippen LogP contribution in [0.25, 0.3) is 0 Å². The van der Waals surface area contributed by atoms with Crippen molar-refractivity contribution in [1.82, 2.24) is 21.3 Å². The normalized spacial score (nSPS) is 12.4. The highest BCUT2D eigenvalue weighted by molar-refractivity contribution is 7.98. The molecule has 0 aliphatic carbocycles. The van der Waals surface area contributed by atoms with Crippen LogP contribution in [0.5, 0.6) is 0 Å². The molecule has 0 fully saturated rings. The summed E-state index contributed by atoms with van der Waals surface area (Å²) in [6.07, 6.45) is 4.19. The maximum atomic E-state index is 12.9. The Kier molecular flexibility index (Phi) is 16.4. The minimum absolute atomic E-state index is 0.266. The molecule has 0 unspecified atom stereocenters. The summed E-state index contributed by atoms with van der Waals surface area (Å²) < 4.78 is 9.87. The lowest BCUT2D eigenvalue weighted by molar-refractivity contribution is -0.140. The minimum Gasteiger partial charge on any atom is -0.469 e. The molecule has 1 aromatic rings. The second-order valence-electron chi connectivity index (χ2n) is 10.2. The number of methoxy groups -OCH3 is 1. The van der Waals surface area contributed by atoms with Gasteiger partial charge in [0.15, 0.2) is 0 Å². The van der Waals surface area contributed by atoms with Gasteiger partial charge in [0.25, 0.3) is 0 Å². The summed E-state index contributed by atoms with van der Waals surface area (Å²) in [6, 6.07) is 7.55. The molecule has 4 N–H and O–H groups in total. The van der Waals surface area contributed by atoms with E-state index in [4.69, 9.17) is 4.74 Å². The quantitative estimate of drug-likeness (QED) is 0.162. The first-order chi connectivity index (χ1) is 18.9. The highest BCUT2D eigenvalue weighted by atomic mass is 32.2. The van der Waals surface area contributed by atoms with Gasteiger partial charge in [-0.2, -0.15) is 11.8 Å². The lowest BCUT2D eigenvalue weighted by Crippen LogP contribution is -2.53. The fourth-order valence-corrected chi connectivity index (χ4v) is 4.03. The highest BCUT2D eigenvalue weighted by Gasteiger charge is 2.25. The molecule has 0 heterocycles. The predicted octanol–water partition coefficient (Wildman–Crippen LogP) is 2.33. The molecule has 1 rings (SSSR count). The van der Waals surface area contributed by atoms with Gasteiger partial charge in [-0.15, -0.1) is 0 Å². The van der Waals surface area contributed by atoms with Crippen LogP contribution in [-0.2, 0) is 35.1 Å². The van der Waals surface area contributed by atoms with Crippen LogP contribution < -0.4 is 21.3 Å². The van der Waals surface area contributed by atoms with Crippen molar-refractivity contribution in [1.29, 1.82) is 0 Å². The average Bonchev–Trinajstić information content (AvgIpc) is 2.90. The molecule has 224 valence electrons. The largest absolute Gasteiger partial charge is 0.469 e. The van der Waals surface area contributed by atoms with Crippen LogP contribution in [0.3, 0.4) is 0 Å². The molecule has 0 bridgehead atoms. The molecule has 4 amide bonds. The zero-order valence-corrected chi connectivity index (χ0v) is 25.0. The van der Waals surface area contributed by atoms with Crippen LogP contribution in [0.4, 0.5) is 4.79 Å². The number of ether oxygens (including phenoxy) is 2. The fraction of sp³-hybridized carbons (Fsp3) is 0.607. The van der Waals surface area contributed by atoms with Crippen molar-refractivity contribution in [2.75, 3.05) is 32.2 Å². The molecule has 0 aromatic heterocycles. The summed E-state index contributed by atoms with van der Waals surface area (Å²) in [5.74, 6) is -1.06. The van der Waals surface area contributed by atoms with E-state index >= 15 is 0 Å². The van der Waals surface area contributed by atoms with Crippen molar-refractivity contribution in [2.45, 2.75) is 77.0 Å². The molecule has 0 saturated heterocycles. The first kappa shape index (κ1) is 34.7. The Hall–Kier alpha value is -3.28. The first-order valence-electron chi connectivity index (χ1n) is 13.4. The van der Waals surface area contributed by atoms with Crippen LogP contribution in [0.1, 0.15) is 58.4 Å². The molecule has 1 aromatic carbocycles. The van der Waals surface area contributed by atoms with Crippen LogP contribution in [0.2, 0.25) is 0 Å². The van der Waals surface area contributed by atoms with Crippen molar-refractivity contribution in [3.8, 4) is 0 Å². The molecule has 0 spiro atoms. The van der Waals surface area contributed by atoms with Crippen molar-refractivity contribution >= 4 is 41.5 Å². The third-order valence-corrected chi connectivity index (χ3v) is 6.20. The third-order valence-electron chi connectivity index (χ3n) is 5.56. The van der Waals surface area contributed by atoms with Crippen molar-refractivity contribution in [2.24, 2.45) is 0 Å². The number of thioether (sulfide) groups is 1. The molecule has 11 nitrogen and oxygen atoms in total. The number of nitrogens with one attached hydrogen (secondary N) is 4. The number of carbonyl (C=O) groups excluding carboxylic acids is 5. The standard InChI is InChI=1S/C28H44N4O7S/c1-28(2,3)39-27(37)32-21(15-17-40-5)25(35)30-19-23(33)31-22(18-20-12-8-6-9-13-20)26(36)29-16-11-7-10-14-24(34)38-4/h6,8-9,12-13,21-22H,7,10-11,14-19H2,1-5H3,(H,29,36)(H,30,35)(H,31,33)(H,32,37)/t21-,22+/m1/s1. The predicted molar refractivity (Wildman–Crippen MR) is 155 cm³/mol. The number of amides is 4. The molecule has 2 atom stereocenters. The highest BCUT2D eigenvalue weighted by Crippen LogP contribution is 2.09. The Bertz CT molecular complexity index is 954. The summed E-state index contributed by atoms with van der Waals surface area (Å²) in [4.78, 5) is 61.8. The van der Waals surface area contributed by atoms with Gasteiger partial charge in [0.2, 0.25) is 17.7 Å². The van der Waals surface area contributed by atoms with Gasteiger partial charge in [-0.05, 0) is 57.6 Å². The second-order valence-corrected chi connectivity index (χ2v) is 11.2. The van der Waals surface area contributed by atoms with E-state index in [2.05, 4.69) is 26.0 Å². The number of hydrogen-bond acceptors (Lipinski definition) is 8. The Balaban J connectivity index is 2.69. The summed E-state index contributed by atoms with van der Waals surface area (Å²) >= 11 is 1.52. The van der Waals surface area contributed by atoms with E-state index in [9.17, 15) is 24.0 Å². The molecule has 0 radical (unpaired) electrons. The summed E-state index contributed by atoms with van der Waals surface area (Å²) in [7, 11) is 1.35. The van der Waals surface area contributed by atoms with E-state index in [0.717, 1.165) is 12.0 Å². The van der Waals surface area contributed by atoms with Gasteiger partial charge in [0.05, 0.1) is 13.7 Å². The monoisotopic (exact) mass is 580 g/mol. The minimum atomic E-state index is -0.877. The summed E-state index contributed by atoms with van der Waals surface area (Å²) in [6.45, 7) is 5.20. The molecular formula is C28H44N4O7S. The van der Waals surface area contributed by atoms with Gasteiger partial charge < -0.3 is 30.7 Å². The number of alkyl carbamates (subject to hydrolysis) is 1. The lowest BCUT2D eigenvalue weighted by Gasteiger charge is -2.23. The summed E-state index contributed by atoms with van der Waals surface area (Å²) in [5.41, 5.74) is 0.144. The molecule has 0 saturated carbocycles. The van der Waals surface area contributed by atoms with Crippen molar-refractivity contribution in [3.05, 3.63) is 35.9 Å². The Morgan fingerprint density at radius 2 is 1.57 bits per heavy atom. The summed E-state index contributed by atoms with van der Waals surface area (Å²) in [5, 5.41) is 10.7. The molecule has 12 heteroatoms. The smallest absolute Gasteiger partial charge is 0.408 e. The fourth-order valence-electron chi connectivity index (χ4n) is 3.56. The maximum Gasteiger partial charge on any atom is 0.408 e. The van der Waals surface area contributed by atoms with Crippen molar-refractivity contribution in [3.63, 3.8) is 0 Å². The SMILES string of the molecule is COC(=O)CCCCCNC(=O)[C@H](Cc1ccccc1)NC(=O)CNC(=O)[C@@H](CCSC)NC(=O)OC(C)(C)C. The Morgan fingerprint density at radius 3 is 2.20 bits per heavy atom. The van der Waals surface area contributed by atoms with Crippen LogP contribution >= 0.6 is 11.8 Å². The van der Waals surface area contributed by atoms with Gasteiger partial charge in [-0.1, -0.05) is 36.8 Å². The zero-order valence-electron chi connectivity index (χ0n) is 24.2. The third kappa shape index (κ3) is 16.0. The van der Waals surface area contributed by atoms with Crippen LogP contribution in [0.15, 0.2) is 30.3 Å². The van der Waals surface area contributed by atoms with E-state index in [-0.39, 0.29) is 24.8 Å². The van der Waals surface area contributed by atoms with Gasteiger partial charge >= 0.3 is 12.1 Å².